The van der Waals surface area contributed by atoms with E-state index in [1.807, 2.05) is 26.0 Å². The van der Waals surface area contributed by atoms with Gasteiger partial charge in [-0.25, -0.2) is 4.98 Å². The molecule has 1 aromatic carbocycles. The molecular formula is C18H26N4O3S. The number of ether oxygens (including phenoxy) is 3. The molecule has 0 fully saturated rings. The van der Waals surface area contributed by atoms with Crippen LogP contribution in [0.5, 0.6) is 17.2 Å². The molecule has 0 saturated carbocycles. The third-order valence-corrected chi connectivity index (χ3v) is 4.95. The van der Waals surface area contributed by atoms with Gasteiger partial charge < -0.3 is 24.8 Å². The molecule has 2 aromatic rings. The van der Waals surface area contributed by atoms with Crippen LogP contribution in [-0.4, -0.2) is 39.3 Å². The highest BCUT2D eigenvalue weighted by Crippen LogP contribution is 2.34. The highest BCUT2D eigenvalue weighted by atomic mass is 32.1. The molecule has 0 unspecified atom stereocenters. The minimum Gasteiger partial charge on any atom is -0.496 e. The Morgan fingerprint density at radius 1 is 1.00 bits per heavy atom. The zero-order chi connectivity index (χ0) is 19.1. The summed E-state index contributed by atoms with van der Waals surface area (Å²) < 4.78 is 16.1. The Bertz CT molecular complexity index is 774. The molecule has 0 aliphatic rings. The van der Waals surface area contributed by atoms with Crippen molar-refractivity contribution in [2.75, 3.05) is 28.4 Å². The van der Waals surface area contributed by atoms with Gasteiger partial charge in [0.1, 0.15) is 5.75 Å². The lowest BCUT2D eigenvalue weighted by molar-refractivity contribution is 0.347. The number of benzene rings is 1. The third kappa shape index (κ3) is 4.78. The number of nitrogens with one attached hydrogen (secondary N) is 2. The number of aromatic nitrogens is 1. The molecule has 2 rings (SSSR count). The van der Waals surface area contributed by atoms with Gasteiger partial charge in [0.15, 0.2) is 17.5 Å². The summed E-state index contributed by atoms with van der Waals surface area (Å²) in [6, 6.07) is 3.71. The van der Waals surface area contributed by atoms with Crippen molar-refractivity contribution in [3.8, 4) is 17.2 Å². The molecular weight excluding hydrogens is 352 g/mol. The van der Waals surface area contributed by atoms with Gasteiger partial charge in [0.25, 0.3) is 0 Å². The Kier molecular flexibility index (Phi) is 7.08. The Labute approximate surface area is 158 Å². The number of hydrogen-bond donors (Lipinski definition) is 2. The summed E-state index contributed by atoms with van der Waals surface area (Å²) in [5.41, 5.74) is 2.00. The van der Waals surface area contributed by atoms with Gasteiger partial charge >= 0.3 is 0 Å². The molecule has 1 aromatic heterocycles. The first-order valence-electron chi connectivity index (χ1n) is 8.18. The van der Waals surface area contributed by atoms with E-state index in [-0.39, 0.29) is 0 Å². The number of rotatable bonds is 7. The molecule has 0 aliphatic heterocycles. The number of guanidine groups is 1. The SMILES string of the molecule is CN=C(NCc1cc(OC)c(OC)cc1OC)NCc1sc(C)nc1C. The van der Waals surface area contributed by atoms with Crippen molar-refractivity contribution in [2.24, 2.45) is 4.99 Å². The van der Waals surface area contributed by atoms with E-state index in [1.165, 1.54) is 4.88 Å². The van der Waals surface area contributed by atoms with Gasteiger partial charge in [-0.05, 0) is 19.9 Å². The normalized spacial score (nSPS) is 11.2. The van der Waals surface area contributed by atoms with Gasteiger partial charge in [0, 0.05) is 30.1 Å². The van der Waals surface area contributed by atoms with Crippen molar-refractivity contribution in [3.05, 3.63) is 33.3 Å². The second-order valence-electron chi connectivity index (χ2n) is 5.54. The maximum absolute atomic E-state index is 5.46. The zero-order valence-electron chi connectivity index (χ0n) is 16.1. The highest BCUT2D eigenvalue weighted by Gasteiger charge is 2.12. The lowest BCUT2D eigenvalue weighted by Gasteiger charge is -2.16. The van der Waals surface area contributed by atoms with Crippen LogP contribution in [-0.2, 0) is 13.1 Å². The molecule has 0 saturated heterocycles. The van der Waals surface area contributed by atoms with E-state index in [1.54, 1.807) is 39.7 Å². The Morgan fingerprint density at radius 2 is 1.62 bits per heavy atom. The van der Waals surface area contributed by atoms with Crippen molar-refractivity contribution >= 4 is 17.3 Å². The smallest absolute Gasteiger partial charge is 0.191 e. The summed E-state index contributed by atoms with van der Waals surface area (Å²) in [4.78, 5) is 9.91. The molecule has 26 heavy (non-hydrogen) atoms. The monoisotopic (exact) mass is 378 g/mol. The maximum atomic E-state index is 5.46. The summed E-state index contributed by atoms with van der Waals surface area (Å²) in [6.07, 6.45) is 0. The predicted molar refractivity (Wildman–Crippen MR) is 105 cm³/mol. The van der Waals surface area contributed by atoms with Crippen LogP contribution in [0.15, 0.2) is 17.1 Å². The first-order valence-corrected chi connectivity index (χ1v) is 9.00. The van der Waals surface area contributed by atoms with Gasteiger partial charge in [-0.2, -0.15) is 0 Å². The van der Waals surface area contributed by atoms with Crippen LogP contribution in [0.1, 0.15) is 21.1 Å². The fourth-order valence-corrected chi connectivity index (χ4v) is 3.41. The maximum Gasteiger partial charge on any atom is 0.191 e. The molecule has 0 spiro atoms. The first-order chi connectivity index (χ1) is 12.5. The number of thiazole rings is 1. The summed E-state index contributed by atoms with van der Waals surface area (Å²) in [7, 11) is 6.59. The van der Waals surface area contributed by atoms with Crippen LogP contribution >= 0.6 is 11.3 Å². The summed E-state index contributed by atoms with van der Waals surface area (Å²) in [5.74, 6) is 2.71. The third-order valence-electron chi connectivity index (χ3n) is 3.87. The molecule has 1 heterocycles. The first kappa shape index (κ1) is 19.8. The van der Waals surface area contributed by atoms with Gasteiger partial charge in [-0.3, -0.25) is 4.99 Å². The second-order valence-corrected chi connectivity index (χ2v) is 6.83. The lowest BCUT2D eigenvalue weighted by atomic mass is 10.1. The fourth-order valence-electron chi connectivity index (χ4n) is 2.53. The zero-order valence-corrected chi connectivity index (χ0v) is 16.9. The van der Waals surface area contributed by atoms with Crippen LogP contribution in [0, 0.1) is 13.8 Å². The molecule has 0 aliphatic carbocycles. The Morgan fingerprint density at radius 3 is 2.15 bits per heavy atom. The molecule has 7 nitrogen and oxygen atoms in total. The van der Waals surface area contributed by atoms with Crippen LogP contribution < -0.4 is 24.8 Å². The topological polar surface area (TPSA) is 77.0 Å². The number of methoxy groups -OCH3 is 3. The van der Waals surface area contributed by atoms with Gasteiger partial charge in [0.05, 0.1) is 38.6 Å². The van der Waals surface area contributed by atoms with Crippen molar-refractivity contribution in [3.63, 3.8) is 0 Å². The van der Waals surface area contributed by atoms with Crippen molar-refractivity contribution in [1.82, 2.24) is 15.6 Å². The number of aliphatic imine (C=N–C) groups is 1. The summed E-state index contributed by atoms with van der Waals surface area (Å²) in [6.45, 7) is 5.24. The van der Waals surface area contributed by atoms with E-state index < -0.39 is 0 Å². The Balaban J connectivity index is 2.04. The predicted octanol–water partition coefficient (Wildman–Crippen LogP) is 2.65. The average Bonchev–Trinajstić information content (AvgIpc) is 2.98. The van der Waals surface area contributed by atoms with E-state index in [0.717, 1.165) is 22.0 Å². The van der Waals surface area contributed by atoms with E-state index >= 15 is 0 Å². The van der Waals surface area contributed by atoms with Crippen LogP contribution in [0.4, 0.5) is 0 Å². The van der Waals surface area contributed by atoms with E-state index in [9.17, 15) is 0 Å². The van der Waals surface area contributed by atoms with E-state index in [4.69, 9.17) is 14.2 Å². The Hall–Kier alpha value is -2.48. The largest absolute Gasteiger partial charge is 0.496 e. The fraction of sp³-hybridized carbons (Fsp3) is 0.444. The summed E-state index contributed by atoms with van der Waals surface area (Å²) in [5, 5.41) is 7.67. The van der Waals surface area contributed by atoms with Gasteiger partial charge in [-0.1, -0.05) is 0 Å². The van der Waals surface area contributed by atoms with Crippen molar-refractivity contribution in [2.45, 2.75) is 26.9 Å². The molecule has 2 N–H and O–H groups in total. The van der Waals surface area contributed by atoms with Gasteiger partial charge in [-0.15, -0.1) is 11.3 Å². The van der Waals surface area contributed by atoms with Crippen molar-refractivity contribution < 1.29 is 14.2 Å². The molecule has 0 amide bonds. The van der Waals surface area contributed by atoms with Crippen LogP contribution in [0.25, 0.3) is 0 Å². The number of nitrogens with zero attached hydrogens (tertiary/aromatic N) is 2. The van der Waals surface area contributed by atoms with Crippen LogP contribution in [0.2, 0.25) is 0 Å². The second kappa shape index (κ2) is 9.28. The van der Waals surface area contributed by atoms with Crippen molar-refractivity contribution in [1.29, 1.82) is 0 Å². The molecule has 8 heteroatoms. The number of hydrogen-bond acceptors (Lipinski definition) is 6. The summed E-state index contributed by atoms with van der Waals surface area (Å²) >= 11 is 1.69. The average molecular weight is 378 g/mol. The van der Waals surface area contributed by atoms with Crippen LogP contribution in [0.3, 0.4) is 0 Å². The minimum atomic E-state index is 0.532. The van der Waals surface area contributed by atoms with Gasteiger partial charge in [0.2, 0.25) is 0 Å². The molecule has 0 atom stereocenters. The van der Waals surface area contributed by atoms with E-state index in [2.05, 4.69) is 20.6 Å². The quantitative estimate of drug-likeness (QED) is 0.570. The molecule has 0 bridgehead atoms. The molecule has 142 valence electrons. The minimum absolute atomic E-state index is 0.532. The molecule has 0 radical (unpaired) electrons. The lowest BCUT2D eigenvalue weighted by Crippen LogP contribution is -2.36. The van der Waals surface area contributed by atoms with E-state index in [0.29, 0.717) is 30.5 Å². The highest BCUT2D eigenvalue weighted by molar-refractivity contribution is 7.11. The number of aryl methyl sites for hydroxylation is 2. The standard InChI is InChI=1S/C18H26N4O3S/c1-11-17(26-12(2)22-11)10-21-18(19-3)20-9-13-7-15(24-5)16(25-6)8-14(13)23-4/h7-8H,9-10H2,1-6H3,(H2,19,20,21).